The van der Waals surface area contributed by atoms with Gasteiger partial charge >= 0.3 is 0 Å². The molecular formula is C70H78BN3. The van der Waals surface area contributed by atoms with E-state index in [4.69, 9.17) is 0 Å². The van der Waals surface area contributed by atoms with Crippen LogP contribution < -0.4 is 31.1 Å². The number of fused-ring (bicyclic) bond motifs is 9. The molecule has 0 aromatic heterocycles. The van der Waals surface area contributed by atoms with Crippen molar-refractivity contribution in [1.29, 1.82) is 0 Å². The molecule has 376 valence electrons. The Balaban J connectivity index is 1.16. The predicted molar refractivity (Wildman–Crippen MR) is 318 cm³/mol. The normalized spacial score (nSPS) is 23.2. The van der Waals surface area contributed by atoms with Crippen molar-refractivity contribution in [3.8, 4) is 11.1 Å². The molecule has 4 heteroatoms. The minimum atomic E-state index is -0.152. The summed E-state index contributed by atoms with van der Waals surface area (Å²) in [4.78, 5) is 8.27. The molecule has 0 amide bonds. The molecule has 3 aliphatic heterocycles. The van der Waals surface area contributed by atoms with Crippen LogP contribution in [0.15, 0.2) is 140 Å². The van der Waals surface area contributed by atoms with E-state index in [0.29, 0.717) is 0 Å². The molecule has 3 heterocycles. The number of para-hydroxylation sites is 1. The summed E-state index contributed by atoms with van der Waals surface area (Å²) in [5.74, 6) is 0. The number of anilines is 8. The molecule has 0 saturated heterocycles. The molecule has 3 aliphatic carbocycles. The van der Waals surface area contributed by atoms with E-state index in [9.17, 15) is 0 Å². The summed E-state index contributed by atoms with van der Waals surface area (Å²) < 4.78 is 0. The first-order valence-electron chi connectivity index (χ1n) is 28.3. The summed E-state index contributed by atoms with van der Waals surface area (Å²) in [6.07, 6.45) is 9.48. The molecule has 7 aromatic carbocycles. The van der Waals surface area contributed by atoms with E-state index in [0.717, 1.165) is 6.42 Å². The van der Waals surface area contributed by atoms with E-state index in [1.165, 1.54) is 151 Å². The van der Waals surface area contributed by atoms with Gasteiger partial charge in [-0.2, -0.15) is 0 Å². The average molecular weight is 972 g/mol. The zero-order chi connectivity index (χ0) is 51.7. The lowest BCUT2D eigenvalue weighted by Gasteiger charge is -2.51. The van der Waals surface area contributed by atoms with Gasteiger partial charge in [0.25, 0.3) is 6.71 Å². The van der Waals surface area contributed by atoms with Crippen molar-refractivity contribution in [2.45, 2.75) is 179 Å². The average Bonchev–Trinajstić information content (AvgIpc) is 3.58. The van der Waals surface area contributed by atoms with E-state index in [2.05, 4.69) is 244 Å². The quantitative estimate of drug-likeness (QED) is 0.163. The molecule has 6 aliphatic rings. The summed E-state index contributed by atoms with van der Waals surface area (Å²) in [6, 6.07) is 55.7. The first-order valence-corrected chi connectivity index (χ1v) is 28.3. The molecule has 1 fully saturated rings. The Bertz CT molecular complexity index is 3450. The molecule has 74 heavy (non-hydrogen) atoms. The molecule has 1 saturated carbocycles. The molecule has 7 aromatic rings. The predicted octanol–water partition coefficient (Wildman–Crippen LogP) is 17.2. The fourth-order valence-corrected chi connectivity index (χ4v) is 15.4. The van der Waals surface area contributed by atoms with Gasteiger partial charge in [-0.1, -0.05) is 175 Å². The Morgan fingerprint density at radius 3 is 1.61 bits per heavy atom. The third-order valence-corrected chi connectivity index (χ3v) is 20.5. The van der Waals surface area contributed by atoms with Gasteiger partial charge in [-0.05, 0) is 194 Å². The largest absolute Gasteiger partial charge is 0.334 e. The zero-order valence-corrected chi connectivity index (χ0v) is 46.9. The van der Waals surface area contributed by atoms with Crippen molar-refractivity contribution >= 4 is 68.6 Å². The SMILES string of the molecule is CC(C)(C)c1ccc2c(c1)N(c1ccccc1)c1cc(N3c4ccc(-c5ccccc5)cc4C4(C)CCCCC34C)cc3c1B2c1cc2c(cc1N3c1ccc3c(c1)C(C)(C)CCC3(C)C)C(C)(C)CCC2(C)C. The number of benzene rings is 7. The van der Waals surface area contributed by atoms with Crippen LogP contribution in [-0.4, -0.2) is 12.3 Å². The lowest BCUT2D eigenvalue weighted by atomic mass is 9.33. The minimum Gasteiger partial charge on any atom is -0.334 e. The molecule has 13 rings (SSSR count). The number of nitrogens with zero attached hydrogens (tertiary/aromatic N) is 3. The van der Waals surface area contributed by atoms with Gasteiger partial charge in [0.15, 0.2) is 0 Å². The van der Waals surface area contributed by atoms with Gasteiger partial charge in [0.1, 0.15) is 0 Å². The van der Waals surface area contributed by atoms with Crippen LogP contribution in [0, 0.1) is 0 Å². The van der Waals surface area contributed by atoms with E-state index >= 15 is 0 Å². The van der Waals surface area contributed by atoms with Crippen molar-refractivity contribution in [3.05, 3.63) is 173 Å². The van der Waals surface area contributed by atoms with Crippen LogP contribution in [0.4, 0.5) is 45.5 Å². The third kappa shape index (κ3) is 6.77. The summed E-state index contributed by atoms with van der Waals surface area (Å²) >= 11 is 0. The summed E-state index contributed by atoms with van der Waals surface area (Å²) in [6.45, 7) is 32.3. The van der Waals surface area contributed by atoms with Crippen molar-refractivity contribution in [2.75, 3.05) is 14.7 Å². The molecule has 0 spiro atoms. The second-order valence-electron chi connectivity index (χ2n) is 27.8. The number of hydrogen-bond acceptors (Lipinski definition) is 3. The van der Waals surface area contributed by atoms with E-state index in [1.807, 2.05) is 0 Å². The standard InChI is InChI=1S/C70H78BN3/c1-64(2,3)47-27-30-56-59(39-47)72(48-24-18-15-19-25-48)61-41-50(74-58-31-26-46(45-22-16-14-17-23-45)38-55(58)69(12)32-20-21-33-70(69,74)13)42-62-63(61)71(56)57-43-53-54(68(10,11)37-36-67(53,8)9)44-60(57)73(62)49-28-29-51-52(40-49)66(6,7)35-34-65(51,4)5/h14-19,22-31,38-44H,20-21,32-37H2,1-13H3. The van der Waals surface area contributed by atoms with Gasteiger partial charge in [-0.25, -0.2) is 0 Å². The van der Waals surface area contributed by atoms with Crippen molar-refractivity contribution < 1.29 is 0 Å². The monoisotopic (exact) mass is 972 g/mol. The topological polar surface area (TPSA) is 9.72 Å². The van der Waals surface area contributed by atoms with Crippen molar-refractivity contribution in [1.82, 2.24) is 0 Å². The lowest BCUT2D eigenvalue weighted by molar-refractivity contribution is 0.195. The van der Waals surface area contributed by atoms with Gasteiger partial charge < -0.3 is 14.7 Å². The molecule has 2 unspecified atom stereocenters. The Hall–Kier alpha value is -6.00. The van der Waals surface area contributed by atoms with Crippen LogP contribution in [0.3, 0.4) is 0 Å². The maximum absolute atomic E-state index is 2.84. The van der Waals surface area contributed by atoms with Gasteiger partial charge in [0.05, 0.1) is 5.54 Å². The third-order valence-electron chi connectivity index (χ3n) is 20.5. The number of rotatable bonds is 4. The van der Waals surface area contributed by atoms with E-state index in [1.54, 1.807) is 0 Å². The van der Waals surface area contributed by atoms with Crippen LogP contribution >= 0.6 is 0 Å². The van der Waals surface area contributed by atoms with E-state index in [-0.39, 0.29) is 44.7 Å². The van der Waals surface area contributed by atoms with Gasteiger partial charge in [0, 0.05) is 50.9 Å². The van der Waals surface area contributed by atoms with Gasteiger partial charge in [-0.15, -0.1) is 0 Å². The zero-order valence-electron chi connectivity index (χ0n) is 46.9. The highest BCUT2D eigenvalue weighted by Gasteiger charge is 2.58. The Kier molecular flexibility index (Phi) is 10.2. The summed E-state index contributed by atoms with van der Waals surface area (Å²) in [7, 11) is 0. The first-order chi connectivity index (χ1) is 35.0. The molecular weight excluding hydrogens is 894 g/mol. The smallest absolute Gasteiger partial charge is 0.252 e. The highest BCUT2D eigenvalue weighted by atomic mass is 15.3. The molecule has 0 bridgehead atoms. The molecule has 0 N–H and O–H groups in total. The van der Waals surface area contributed by atoms with Crippen LogP contribution in [0.1, 0.15) is 175 Å². The fraction of sp³-hybridized carbons (Fsp3) is 0.400. The highest BCUT2D eigenvalue weighted by Crippen LogP contribution is 2.63. The molecule has 0 radical (unpaired) electrons. The Morgan fingerprint density at radius 1 is 0.392 bits per heavy atom. The van der Waals surface area contributed by atoms with Crippen LogP contribution in [-0.2, 0) is 32.5 Å². The maximum atomic E-state index is 2.84. The summed E-state index contributed by atoms with van der Waals surface area (Å²) in [5, 5.41) is 0. The van der Waals surface area contributed by atoms with Gasteiger partial charge in [-0.3, -0.25) is 0 Å². The maximum Gasteiger partial charge on any atom is 0.252 e. The van der Waals surface area contributed by atoms with Gasteiger partial charge in [0.2, 0.25) is 0 Å². The summed E-state index contributed by atoms with van der Waals surface area (Å²) in [5.41, 5.74) is 26.0. The van der Waals surface area contributed by atoms with Crippen LogP contribution in [0.25, 0.3) is 11.1 Å². The Labute approximate surface area is 444 Å². The van der Waals surface area contributed by atoms with E-state index < -0.39 is 0 Å². The molecule has 3 nitrogen and oxygen atoms in total. The number of hydrogen-bond donors (Lipinski definition) is 0. The first kappa shape index (κ1) is 47.7. The second kappa shape index (κ2) is 15.8. The molecule has 2 atom stereocenters. The highest BCUT2D eigenvalue weighted by molar-refractivity contribution is 7.00. The fourth-order valence-electron chi connectivity index (χ4n) is 15.4. The second-order valence-corrected chi connectivity index (χ2v) is 27.8. The lowest BCUT2D eigenvalue weighted by Crippen LogP contribution is -2.62. The van der Waals surface area contributed by atoms with Crippen LogP contribution in [0.5, 0.6) is 0 Å². The van der Waals surface area contributed by atoms with Crippen molar-refractivity contribution in [2.24, 2.45) is 0 Å². The van der Waals surface area contributed by atoms with Crippen LogP contribution in [0.2, 0.25) is 0 Å². The van der Waals surface area contributed by atoms with Crippen molar-refractivity contribution in [3.63, 3.8) is 0 Å². The Morgan fingerprint density at radius 2 is 0.959 bits per heavy atom. The minimum absolute atomic E-state index is 0.0262.